The number of alkyl halides is 2. The first-order valence-corrected chi connectivity index (χ1v) is 8.19. The van der Waals surface area contributed by atoms with Gasteiger partial charge in [-0.15, -0.1) is 12.4 Å². The third-order valence-electron chi connectivity index (χ3n) is 4.72. The van der Waals surface area contributed by atoms with Gasteiger partial charge in [0.05, 0.1) is 0 Å². The molecule has 3 rings (SSSR count). The number of halogens is 3. The van der Waals surface area contributed by atoms with Gasteiger partial charge in [0.2, 0.25) is 5.91 Å². The van der Waals surface area contributed by atoms with Gasteiger partial charge < -0.3 is 15.0 Å². The maximum Gasteiger partial charge on any atom is 0.387 e. The van der Waals surface area contributed by atoms with Crippen molar-refractivity contribution in [2.45, 2.75) is 50.8 Å². The molecule has 0 spiro atoms. The molecule has 2 fully saturated rings. The van der Waals surface area contributed by atoms with Crippen LogP contribution in [-0.4, -0.2) is 42.6 Å². The van der Waals surface area contributed by atoms with Crippen molar-refractivity contribution in [3.8, 4) is 5.75 Å². The fraction of sp³-hybridized carbons (Fsp3) is 0.588. The van der Waals surface area contributed by atoms with Gasteiger partial charge in [-0.25, -0.2) is 0 Å². The molecule has 2 bridgehead atoms. The summed E-state index contributed by atoms with van der Waals surface area (Å²) in [5.74, 6) is 0.348. The molecule has 2 unspecified atom stereocenters. The van der Waals surface area contributed by atoms with Crippen molar-refractivity contribution in [2.24, 2.45) is 0 Å². The maximum atomic E-state index is 12.6. The first-order chi connectivity index (χ1) is 11.1. The molecule has 0 aromatic heterocycles. The van der Waals surface area contributed by atoms with Gasteiger partial charge in [0.25, 0.3) is 0 Å². The number of nitrogens with one attached hydrogen (secondary N) is 1. The van der Waals surface area contributed by atoms with Gasteiger partial charge in [-0.2, -0.15) is 8.78 Å². The number of nitrogens with zero attached hydrogens (tertiary/aromatic N) is 1. The van der Waals surface area contributed by atoms with Gasteiger partial charge in [0.1, 0.15) is 5.75 Å². The van der Waals surface area contributed by atoms with E-state index >= 15 is 0 Å². The number of fused-ring (bicyclic) bond motifs is 2. The number of amides is 1. The second kappa shape index (κ2) is 8.62. The van der Waals surface area contributed by atoms with E-state index in [0.717, 1.165) is 37.9 Å². The number of ether oxygens (including phenoxy) is 1. The van der Waals surface area contributed by atoms with Crippen LogP contribution in [-0.2, 0) is 11.2 Å². The monoisotopic (exact) mass is 360 g/mol. The zero-order valence-corrected chi connectivity index (χ0v) is 14.2. The SMILES string of the molecule is Cl.O=C(CCc1ccc(OC(F)F)cc1)N1C2CCNCC1CC2. The molecule has 1 N–H and O–H groups in total. The molecule has 2 atom stereocenters. The molecule has 0 aliphatic carbocycles. The van der Waals surface area contributed by atoms with Gasteiger partial charge >= 0.3 is 6.61 Å². The fourth-order valence-electron chi connectivity index (χ4n) is 3.61. The average Bonchev–Trinajstić information content (AvgIpc) is 2.79. The maximum absolute atomic E-state index is 12.6. The van der Waals surface area contributed by atoms with Crippen molar-refractivity contribution in [1.29, 1.82) is 0 Å². The Balaban J connectivity index is 0.00000208. The summed E-state index contributed by atoms with van der Waals surface area (Å²) in [5, 5.41) is 3.39. The number of carbonyl (C=O) groups excluding carboxylic acids is 1. The molecule has 0 radical (unpaired) electrons. The summed E-state index contributed by atoms with van der Waals surface area (Å²) < 4.78 is 28.6. The fourth-order valence-corrected chi connectivity index (χ4v) is 3.61. The topological polar surface area (TPSA) is 41.6 Å². The van der Waals surface area contributed by atoms with Crippen LogP contribution in [0.3, 0.4) is 0 Å². The van der Waals surface area contributed by atoms with Crippen molar-refractivity contribution in [3.05, 3.63) is 29.8 Å². The Morgan fingerprint density at radius 3 is 2.62 bits per heavy atom. The first kappa shape index (κ1) is 18.9. The molecule has 24 heavy (non-hydrogen) atoms. The standard InChI is InChI=1S/C17H22F2N2O2.ClH/c18-17(19)23-15-6-1-12(2-7-15)3-8-16(22)21-13-4-5-14(21)11-20-10-9-13;/h1-2,6-7,13-14,17,20H,3-5,8-11H2;1H. The van der Waals surface area contributed by atoms with Crippen LogP contribution in [0.25, 0.3) is 0 Å². The Morgan fingerprint density at radius 1 is 1.21 bits per heavy atom. The minimum Gasteiger partial charge on any atom is -0.435 e. The third-order valence-corrected chi connectivity index (χ3v) is 4.72. The summed E-state index contributed by atoms with van der Waals surface area (Å²) in [4.78, 5) is 14.6. The highest BCUT2D eigenvalue weighted by atomic mass is 35.5. The predicted octanol–water partition coefficient (Wildman–Crippen LogP) is 3.00. The molecule has 134 valence electrons. The summed E-state index contributed by atoms with van der Waals surface area (Å²) >= 11 is 0. The Hall–Kier alpha value is -1.40. The van der Waals surface area contributed by atoms with E-state index in [1.54, 1.807) is 12.1 Å². The van der Waals surface area contributed by atoms with Crippen molar-refractivity contribution in [1.82, 2.24) is 10.2 Å². The van der Waals surface area contributed by atoms with Crippen LogP contribution in [0.15, 0.2) is 24.3 Å². The lowest BCUT2D eigenvalue weighted by atomic mass is 10.1. The van der Waals surface area contributed by atoms with Crippen LogP contribution in [0, 0.1) is 0 Å². The normalized spacial score (nSPS) is 22.9. The minimum atomic E-state index is -2.81. The summed E-state index contributed by atoms with van der Waals surface area (Å²) in [5.41, 5.74) is 0.959. The zero-order valence-electron chi connectivity index (χ0n) is 13.4. The first-order valence-electron chi connectivity index (χ1n) is 8.19. The molecule has 2 aliphatic rings. The largest absolute Gasteiger partial charge is 0.435 e. The van der Waals surface area contributed by atoms with Crippen LogP contribution in [0.5, 0.6) is 5.75 Å². The minimum absolute atomic E-state index is 0. The Morgan fingerprint density at radius 2 is 1.92 bits per heavy atom. The quantitative estimate of drug-likeness (QED) is 0.877. The van der Waals surface area contributed by atoms with E-state index in [-0.39, 0.29) is 24.1 Å². The highest BCUT2D eigenvalue weighted by molar-refractivity contribution is 5.85. The van der Waals surface area contributed by atoms with Gasteiger partial charge in [0, 0.05) is 25.0 Å². The molecule has 2 aliphatic heterocycles. The average molecular weight is 361 g/mol. The van der Waals surface area contributed by atoms with E-state index in [4.69, 9.17) is 0 Å². The molecular weight excluding hydrogens is 338 g/mol. The molecule has 2 saturated heterocycles. The summed E-state index contributed by atoms with van der Waals surface area (Å²) in [6.45, 7) is -0.937. The van der Waals surface area contributed by atoms with Gasteiger partial charge in [-0.3, -0.25) is 4.79 Å². The Labute approximate surface area is 147 Å². The number of benzene rings is 1. The van der Waals surface area contributed by atoms with E-state index in [1.807, 2.05) is 0 Å². The Bertz CT molecular complexity index is 528. The zero-order chi connectivity index (χ0) is 16.2. The molecule has 1 amide bonds. The van der Waals surface area contributed by atoms with Crippen LogP contribution >= 0.6 is 12.4 Å². The van der Waals surface area contributed by atoms with Crippen molar-refractivity contribution in [2.75, 3.05) is 13.1 Å². The van der Waals surface area contributed by atoms with E-state index in [2.05, 4.69) is 15.0 Å². The number of aryl methyl sites for hydroxylation is 1. The van der Waals surface area contributed by atoms with Crippen molar-refractivity contribution in [3.63, 3.8) is 0 Å². The van der Waals surface area contributed by atoms with Gasteiger partial charge in [-0.05, 0) is 49.9 Å². The second-order valence-corrected chi connectivity index (χ2v) is 6.20. The lowest BCUT2D eigenvalue weighted by molar-refractivity contribution is -0.133. The van der Waals surface area contributed by atoms with Crippen LogP contribution in [0.4, 0.5) is 8.78 Å². The van der Waals surface area contributed by atoms with E-state index in [9.17, 15) is 13.6 Å². The molecule has 1 aromatic rings. The number of carbonyl (C=O) groups is 1. The smallest absolute Gasteiger partial charge is 0.387 e. The summed E-state index contributed by atoms with van der Waals surface area (Å²) in [6.07, 6.45) is 4.31. The van der Waals surface area contributed by atoms with E-state index in [1.165, 1.54) is 12.1 Å². The molecule has 4 nitrogen and oxygen atoms in total. The molecular formula is C17H23ClF2N2O2. The van der Waals surface area contributed by atoms with Crippen LogP contribution in [0.1, 0.15) is 31.2 Å². The van der Waals surface area contributed by atoms with E-state index in [0.29, 0.717) is 24.9 Å². The van der Waals surface area contributed by atoms with Gasteiger partial charge in [0.15, 0.2) is 0 Å². The van der Waals surface area contributed by atoms with Crippen molar-refractivity contribution >= 4 is 18.3 Å². The number of hydrogen-bond acceptors (Lipinski definition) is 3. The number of hydrogen-bond donors (Lipinski definition) is 1. The lowest BCUT2D eigenvalue weighted by Gasteiger charge is -2.28. The molecule has 0 saturated carbocycles. The predicted molar refractivity (Wildman–Crippen MR) is 89.8 cm³/mol. The second-order valence-electron chi connectivity index (χ2n) is 6.20. The molecule has 1 aromatic carbocycles. The molecule has 7 heteroatoms. The number of rotatable bonds is 5. The summed E-state index contributed by atoms with van der Waals surface area (Å²) in [7, 11) is 0. The third kappa shape index (κ3) is 4.57. The van der Waals surface area contributed by atoms with Crippen LogP contribution < -0.4 is 10.1 Å². The highest BCUT2D eigenvalue weighted by Crippen LogP contribution is 2.28. The Kier molecular flexibility index (Phi) is 6.80. The van der Waals surface area contributed by atoms with E-state index < -0.39 is 6.61 Å². The highest BCUT2D eigenvalue weighted by Gasteiger charge is 2.37. The summed E-state index contributed by atoms with van der Waals surface area (Å²) in [6, 6.07) is 7.23. The lowest BCUT2D eigenvalue weighted by Crippen LogP contribution is -2.42. The van der Waals surface area contributed by atoms with Crippen molar-refractivity contribution < 1.29 is 18.3 Å². The molecule has 2 heterocycles. The van der Waals surface area contributed by atoms with Gasteiger partial charge in [-0.1, -0.05) is 12.1 Å². The van der Waals surface area contributed by atoms with Crippen LogP contribution in [0.2, 0.25) is 0 Å².